The highest BCUT2D eigenvalue weighted by molar-refractivity contribution is 7.89. The van der Waals surface area contributed by atoms with Gasteiger partial charge in [0.05, 0.1) is 13.1 Å². The average molecular weight is 439 g/mol. The highest BCUT2D eigenvalue weighted by Crippen LogP contribution is 2.34. The van der Waals surface area contributed by atoms with Crippen LogP contribution in [0.1, 0.15) is 15.9 Å². The van der Waals surface area contributed by atoms with E-state index in [1.165, 1.54) is 36.5 Å². The number of benzene rings is 1. The van der Waals surface area contributed by atoms with Gasteiger partial charge in [-0.2, -0.15) is 4.31 Å². The van der Waals surface area contributed by atoms with Crippen LogP contribution in [0.2, 0.25) is 6.32 Å². The maximum Gasteiger partial charge on any atom is 0.451 e. The molecule has 5 N–H and O–H groups in total. The Balaban J connectivity index is 1.73. The molecular weight excluding hydrogens is 419 g/mol. The zero-order valence-corrected chi connectivity index (χ0v) is 16.4. The van der Waals surface area contributed by atoms with E-state index in [9.17, 15) is 28.6 Å². The van der Waals surface area contributed by atoms with Gasteiger partial charge in [-0.3, -0.25) is 5.21 Å². The first-order chi connectivity index (χ1) is 14.1. The summed E-state index contributed by atoms with van der Waals surface area (Å²) in [6, 6.07) is 6.91. The number of carbonyl (C=O) groups is 1. The van der Waals surface area contributed by atoms with Crippen molar-refractivity contribution in [2.24, 2.45) is 0 Å². The number of aromatic nitrogens is 1. The van der Waals surface area contributed by atoms with Gasteiger partial charge in [-0.1, -0.05) is 6.07 Å². The number of nitrogens with zero attached hydrogens (tertiary/aromatic N) is 2. The summed E-state index contributed by atoms with van der Waals surface area (Å²) in [7, 11) is -5.56. The fraction of sp³-hybridized carbons (Fsp3) is 0.294. The fourth-order valence-electron chi connectivity index (χ4n) is 3.01. The molecule has 2 heterocycles. The summed E-state index contributed by atoms with van der Waals surface area (Å²) in [5.41, 5.74) is -0.278. The van der Waals surface area contributed by atoms with Crippen LogP contribution in [0, 0.1) is 0 Å². The third-order valence-corrected chi connectivity index (χ3v) is 6.45. The lowest BCUT2D eigenvalue weighted by Gasteiger charge is -2.36. The number of pyridine rings is 1. The van der Waals surface area contributed by atoms with E-state index in [4.69, 9.17) is 14.8 Å². The Hall–Kier alpha value is -2.87. The second-order valence-corrected chi connectivity index (χ2v) is 8.60. The quantitative estimate of drug-likeness (QED) is 0.198. The summed E-state index contributed by atoms with van der Waals surface area (Å²) >= 11 is 0. The van der Waals surface area contributed by atoms with Crippen molar-refractivity contribution in [3.63, 3.8) is 0 Å². The fourth-order valence-corrected chi connectivity index (χ4v) is 4.55. The number of aromatic carboxylic acids is 1. The van der Waals surface area contributed by atoms with Gasteiger partial charge in [0.15, 0.2) is 0 Å². The Labute approximate surface area is 172 Å². The molecule has 1 fully saturated rings. The number of aryl methyl sites for hydroxylation is 1. The molecule has 2 aromatic rings. The summed E-state index contributed by atoms with van der Waals surface area (Å²) < 4.78 is 32.2. The van der Waals surface area contributed by atoms with Gasteiger partial charge in [-0.25, -0.2) is 13.2 Å². The molecule has 30 heavy (non-hydrogen) atoms. The molecule has 0 radical (unpaired) electrons. The summed E-state index contributed by atoms with van der Waals surface area (Å²) in [4.78, 5) is 11.6. The van der Waals surface area contributed by atoms with Crippen molar-refractivity contribution in [1.29, 1.82) is 0 Å². The molecule has 0 spiro atoms. The molecule has 1 saturated heterocycles. The van der Waals surface area contributed by atoms with E-state index >= 15 is 0 Å². The van der Waals surface area contributed by atoms with Crippen molar-refractivity contribution >= 4 is 23.1 Å². The highest BCUT2D eigenvalue weighted by Gasteiger charge is 2.43. The van der Waals surface area contributed by atoms with E-state index in [0.717, 1.165) is 4.31 Å². The number of hydrogen-bond acceptors (Lipinski definition) is 8. The molecule has 0 aliphatic carbocycles. The molecule has 1 aliphatic rings. The maximum absolute atomic E-state index is 12.5. The predicted molar refractivity (Wildman–Crippen MR) is 101 cm³/mol. The van der Waals surface area contributed by atoms with Gasteiger partial charge in [0.2, 0.25) is 6.20 Å². The smallest absolute Gasteiger partial charge is 0.451 e. The first kappa shape index (κ1) is 21.8. The van der Waals surface area contributed by atoms with Crippen LogP contribution in [0.3, 0.4) is 0 Å². The molecule has 0 atom stereocenters. The third kappa shape index (κ3) is 4.33. The molecule has 13 heteroatoms. The SMILES string of the molecule is O=C(O)c1c(OC2CN(S(=O)(=O)c3cccc[n+]3O)C2)ccc(CCB(O)O)c1O. The van der Waals surface area contributed by atoms with Crippen LogP contribution in [0.15, 0.2) is 41.6 Å². The third-order valence-electron chi connectivity index (χ3n) is 4.62. The Kier molecular flexibility index (Phi) is 6.17. The van der Waals surface area contributed by atoms with Crippen molar-refractivity contribution in [2.75, 3.05) is 13.1 Å². The molecule has 0 saturated carbocycles. The van der Waals surface area contributed by atoms with Crippen molar-refractivity contribution in [3.8, 4) is 11.5 Å². The summed E-state index contributed by atoms with van der Waals surface area (Å²) in [5, 5.41) is 47.0. The van der Waals surface area contributed by atoms with Crippen LogP contribution in [0.25, 0.3) is 0 Å². The van der Waals surface area contributed by atoms with E-state index in [-0.39, 0.29) is 42.2 Å². The zero-order valence-electron chi connectivity index (χ0n) is 15.6. The monoisotopic (exact) mass is 439 g/mol. The van der Waals surface area contributed by atoms with Gasteiger partial charge >= 0.3 is 28.1 Å². The Bertz CT molecular complexity index is 1060. The topological polar surface area (TPSA) is 169 Å². The molecule has 3 rings (SSSR count). The minimum absolute atomic E-state index is 0.0394. The molecular formula is C17H20BN2O9S+. The van der Waals surface area contributed by atoms with Crippen molar-refractivity contribution in [1.82, 2.24) is 4.31 Å². The second kappa shape index (κ2) is 8.48. The van der Waals surface area contributed by atoms with E-state index in [1.807, 2.05) is 0 Å². The number of phenols is 1. The van der Waals surface area contributed by atoms with Gasteiger partial charge in [0.1, 0.15) is 23.2 Å². The maximum atomic E-state index is 12.5. The van der Waals surface area contributed by atoms with Crippen molar-refractivity contribution < 1.29 is 48.1 Å². The van der Waals surface area contributed by atoms with E-state index in [0.29, 0.717) is 4.73 Å². The van der Waals surface area contributed by atoms with Crippen molar-refractivity contribution in [3.05, 3.63) is 47.7 Å². The van der Waals surface area contributed by atoms with Gasteiger partial charge in [0.25, 0.3) is 0 Å². The van der Waals surface area contributed by atoms with E-state index in [1.54, 1.807) is 0 Å². The zero-order chi connectivity index (χ0) is 22.1. The van der Waals surface area contributed by atoms with Gasteiger partial charge in [0, 0.05) is 16.9 Å². The number of sulfonamides is 1. The van der Waals surface area contributed by atoms with Crippen LogP contribution < -0.4 is 9.47 Å². The summed E-state index contributed by atoms with van der Waals surface area (Å²) in [6.45, 7) is -0.148. The molecule has 1 aliphatic heterocycles. The Morgan fingerprint density at radius 1 is 1.23 bits per heavy atom. The molecule has 0 amide bonds. The normalized spacial score (nSPS) is 14.9. The number of carboxylic acid groups (broad SMARTS) is 1. The van der Waals surface area contributed by atoms with E-state index in [2.05, 4.69) is 0 Å². The minimum Gasteiger partial charge on any atom is -0.507 e. The Morgan fingerprint density at radius 2 is 1.93 bits per heavy atom. The number of ether oxygens (including phenoxy) is 1. The molecule has 1 aromatic heterocycles. The minimum atomic E-state index is -3.96. The number of aromatic hydroxyl groups is 1. The lowest BCUT2D eigenvalue weighted by atomic mass is 9.82. The first-order valence-electron chi connectivity index (χ1n) is 8.92. The molecule has 0 unspecified atom stereocenters. The van der Waals surface area contributed by atoms with Crippen LogP contribution >= 0.6 is 0 Å². The largest absolute Gasteiger partial charge is 0.507 e. The molecule has 0 bridgehead atoms. The Morgan fingerprint density at radius 3 is 2.53 bits per heavy atom. The lowest BCUT2D eigenvalue weighted by molar-refractivity contribution is -0.933. The standard InChI is InChI=1S/C17H19BN2O9S/c21-16-11(6-7-18(24)25)4-5-13(15(16)17(22)23)29-12-9-19(10-12)30(27,28)14-3-1-2-8-20(14)26/h1-5,8,12,24-25H,6-7,9-10H2,(H2-,21,22,23,26)/p+1. The molecule has 1 aromatic carbocycles. The number of hydrogen-bond donors (Lipinski definition) is 5. The van der Waals surface area contributed by atoms with Crippen LogP contribution in [-0.4, -0.2) is 70.5 Å². The van der Waals surface area contributed by atoms with Crippen LogP contribution in [-0.2, 0) is 16.4 Å². The van der Waals surface area contributed by atoms with Crippen LogP contribution in [0.4, 0.5) is 0 Å². The first-order valence-corrected chi connectivity index (χ1v) is 10.4. The predicted octanol–water partition coefficient (Wildman–Crippen LogP) is -0.918. The van der Waals surface area contributed by atoms with Gasteiger partial charge in [-0.05, 0) is 30.4 Å². The number of carboxylic acids is 1. The van der Waals surface area contributed by atoms with Crippen molar-refractivity contribution in [2.45, 2.75) is 23.9 Å². The highest BCUT2D eigenvalue weighted by atomic mass is 32.2. The molecule has 160 valence electrons. The van der Waals surface area contributed by atoms with E-state index < -0.39 is 40.5 Å². The van der Waals surface area contributed by atoms with Gasteiger partial charge in [-0.15, -0.1) is 0 Å². The van der Waals surface area contributed by atoms with Gasteiger partial charge < -0.3 is 25.0 Å². The lowest BCUT2D eigenvalue weighted by Crippen LogP contribution is -2.57. The summed E-state index contributed by atoms with van der Waals surface area (Å²) in [5.74, 6) is -2.12. The second-order valence-electron chi connectivity index (χ2n) is 6.72. The number of rotatable bonds is 8. The molecule has 11 nitrogen and oxygen atoms in total. The van der Waals surface area contributed by atoms with Crippen LogP contribution in [0.5, 0.6) is 11.5 Å². The average Bonchev–Trinajstić information content (AvgIpc) is 2.63. The summed E-state index contributed by atoms with van der Waals surface area (Å²) in [6.07, 6.45) is 0.475.